The molecule has 0 bridgehead atoms. The highest BCUT2D eigenvalue weighted by molar-refractivity contribution is 6.30. The Hall–Kier alpha value is -3.11. The molecule has 1 fully saturated rings. The van der Waals surface area contributed by atoms with Gasteiger partial charge in [0.2, 0.25) is 0 Å². The Morgan fingerprint density at radius 1 is 0.767 bits per heavy atom. The van der Waals surface area contributed by atoms with Gasteiger partial charge in [0.25, 0.3) is 0 Å². The number of aromatic nitrogens is 2. The molecule has 5 rings (SSSR count). The van der Waals surface area contributed by atoms with Crippen LogP contribution in [-0.4, -0.2) is 36.1 Å². The highest BCUT2D eigenvalue weighted by Gasteiger charge is 2.21. The number of nitrogens with zero attached hydrogens (tertiary/aromatic N) is 4. The van der Waals surface area contributed by atoms with Crippen LogP contribution >= 0.6 is 11.6 Å². The van der Waals surface area contributed by atoms with E-state index < -0.39 is 0 Å². The van der Waals surface area contributed by atoms with E-state index in [0.717, 1.165) is 59.3 Å². The zero-order chi connectivity index (χ0) is 20.5. The third-order valence-electron chi connectivity index (χ3n) is 5.61. The lowest BCUT2D eigenvalue weighted by atomic mass is 10.1. The van der Waals surface area contributed by atoms with Gasteiger partial charge in [-0.15, -0.1) is 0 Å². The SMILES string of the molecule is Cc1cccc(-c2nc(N3CCN(c4cccc(Cl)c4)CC3)c3ccccc3n2)c1. The molecule has 1 aliphatic rings. The third-order valence-corrected chi connectivity index (χ3v) is 5.85. The molecular formula is C25H23ClN4. The topological polar surface area (TPSA) is 32.3 Å². The summed E-state index contributed by atoms with van der Waals surface area (Å²) in [7, 11) is 0. The van der Waals surface area contributed by atoms with Gasteiger partial charge in [-0.2, -0.15) is 0 Å². The first-order valence-corrected chi connectivity index (χ1v) is 10.6. The largest absolute Gasteiger partial charge is 0.368 e. The van der Waals surface area contributed by atoms with Crippen LogP contribution in [0.2, 0.25) is 5.02 Å². The second-order valence-corrected chi connectivity index (χ2v) is 8.15. The number of hydrogen-bond acceptors (Lipinski definition) is 4. The van der Waals surface area contributed by atoms with E-state index in [4.69, 9.17) is 21.6 Å². The van der Waals surface area contributed by atoms with Gasteiger partial charge >= 0.3 is 0 Å². The van der Waals surface area contributed by atoms with Gasteiger partial charge in [0.05, 0.1) is 5.52 Å². The molecule has 0 spiro atoms. The van der Waals surface area contributed by atoms with E-state index in [1.807, 2.05) is 24.3 Å². The summed E-state index contributed by atoms with van der Waals surface area (Å²) in [6, 6.07) is 24.8. The van der Waals surface area contributed by atoms with Crippen LogP contribution in [0.4, 0.5) is 11.5 Å². The molecule has 5 heteroatoms. The fraction of sp³-hybridized carbons (Fsp3) is 0.200. The van der Waals surface area contributed by atoms with Crippen LogP contribution in [0.5, 0.6) is 0 Å². The minimum absolute atomic E-state index is 0.777. The van der Waals surface area contributed by atoms with Crippen molar-refractivity contribution >= 4 is 34.0 Å². The molecule has 0 atom stereocenters. The van der Waals surface area contributed by atoms with Crippen molar-refractivity contribution in [2.24, 2.45) is 0 Å². The zero-order valence-electron chi connectivity index (χ0n) is 16.9. The number of para-hydroxylation sites is 1. The van der Waals surface area contributed by atoms with E-state index >= 15 is 0 Å². The number of aryl methyl sites for hydroxylation is 1. The first kappa shape index (κ1) is 18.9. The van der Waals surface area contributed by atoms with Crippen LogP contribution in [0.3, 0.4) is 0 Å². The number of rotatable bonds is 3. The smallest absolute Gasteiger partial charge is 0.162 e. The fourth-order valence-electron chi connectivity index (χ4n) is 4.06. The molecule has 0 unspecified atom stereocenters. The van der Waals surface area contributed by atoms with Gasteiger partial charge < -0.3 is 9.80 Å². The monoisotopic (exact) mass is 414 g/mol. The van der Waals surface area contributed by atoms with Gasteiger partial charge in [-0.3, -0.25) is 0 Å². The molecule has 1 aliphatic heterocycles. The molecule has 0 amide bonds. The zero-order valence-corrected chi connectivity index (χ0v) is 17.7. The number of benzene rings is 3. The maximum Gasteiger partial charge on any atom is 0.162 e. The van der Waals surface area contributed by atoms with Gasteiger partial charge in [0, 0.05) is 47.8 Å². The molecule has 0 aliphatic carbocycles. The van der Waals surface area contributed by atoms with Crippen molar-refractivity contribution in [2.45, 2.75) is 6.92 Å². The second kappa shape index (κ2) is 7.96. The highest BCUT2D eigenvalue weighted by atomic mass is 35.5. The van der Waals surface area contributed by atoms with Gasteiger partial charge in [-0.05, 0) is 43.3 Å². The van der Waals surface area contributed by atoms with Gasteiger partial charge in [-0.25, -0.2) is 9.97 Å². The minimum atomic E-state index is 0.777. The predicted molar refractivity (Wildman–Crippen MR) is 126 cm³/mol. The Kier molecular flexibility index (Phi) is 5.01. The van der Waals surface area contributed by atoms with Crippen LogP contribution < -0.4 is 9.80 Å². The van der Waals surface area contributed by atoms with E-state index in [2.05, 4.69) is 65.3 Å². The molecule has 150 valence electrons. The molecule has 0 saturated carbocycles. The summed E-state index contributed by atoms with van der Waals surface area (Å²) < 4.78 is 0. The van der Waals surface area contributed by atoms with Crippen molar-refractivity contribution in [3.63, 3.8) is 0 Å². The Morgan fingerprint density at radius 3 is 2.33 bits per heavy atom. The molecule has 0 radical (unpaired) electrons. The average Bonchev–Trinajstić information content (AvgIpc) is 2.78. The van der Waals surface area contributed by atoms with Crippen LogP contribution in [0.25, 0.3) is 22.3 Å². The Morgan fingerprint density at radius 2 is 1.53 bits per heavy atom. The number of piperazine rings is 1. The van der Waals surface area contributed by atoms with Crippen LogP contribution in [0, 0.1) is 6.92 Å². The van der Waals surface area contributed by atoms with Gasteiger partial charge in [0.1, 0.15) is 5.82 Å². The molecule has 4 aromatic rings. The first-order valence-electron chi connectivity index (χ1n) is 10.3. The van der Waals surface area contributed by atoms with Gasteiger partial charge in [-0.1, -0.05) is 53.6 Å². The van der Waals surface area contributed by atoms with Crippen molar-refractivity contribution in [1.29, 1.82) is 0 Å². The Labute approximate surface area is 181 Å². The molecule has 1 aromatic heterocycles. The Bertz CT molecular complexity index is 1200. The van der Waals surface area contributed by atoms with Crippen molar-refractivity contribution in [1.82, 2.24) is 9.97 Å². The highest BCUT2D eigenvalue weighted by Crippen LogP contribution is 2.29. The fourth-order valence-corrected chi connectivity index (χ4v) is 4.25. The summed E-state index contributed by atoms with van der Waals surface area (Å²) in [5.41, 5.74) is 4.42. The molecule has 2 heterocycles. The van der Waals surface area contributed by atoms with Crippen molar-refractivity contribution in [2.75, 3.05) is 36.0 Å². The first-order chi connectivity index (χ1) is 14.7. The third kappa shape index (κ3) is 3.71. The lowest BCUT2D eigenvalue weighted by molar-refractivity contribution is 0.649. The van der Waals surface area contributed by atoms with Crippen molar-refractivity contribution in [3.05, 3.63) is 83.4 Å². The lowest BCUT2D eigenvalue weighted by Crippen LogP contribution is -2.47. The van der Waals surface area contributed by atoms with Gasteiger partial charge in [0.15, 0.2) is 5.82 Å². The minimum Gasteiger partial charge on any atom is -0.368 e. The summed E-state index contributed by atoms with van der Waals surface area (Å²) in [5.74, 6) is 1.80. The predicted octanol–water partition coefficient (Wildman–Crippen LogP) is 5.59. The number of hydrogen-bond donors (Lipinski definition) is 0. The summed E-state index contributed by atoms with van der Waals surface area (Å²) in [4.78, 5) is 14.6. The van der Waals surface area contributed by atoms with Crippen molar-refractivity contribution < 1.29 is 0 Å². The van der Waals surface area contributed by atoms with Crippen LogP contribution in [-0.2, 0) is 0 Å². The van der Waals surface area contributed by atoms with E-state index in [9.17, 15) is 0 Å². The molecular weight excluding hydrogens is 392 g/mol. The maximum atomic E-state index is 6.19. The molecule has 3 aromatic carbocycles. The number of halogens is 1. The van der Waals surface area contributed by atoms with E-state index in [-0.39, 0.29) is 0 Å². The average molecular weight is 415 g/mol. The quantitative estimate of drug-likeness (QED) is 0.437. The van der Waals surface area contributed by atoms with E-state index in [1.54, 1.807) is 0 Å². The summed E-state index contributed by atoms with van der Waals surface area (Å²) >= 11 is 6.19. The molecule has 0 N–H and O–H groups in total. The molecule has 4 nitrogen and oxygen atoms in total. The maximum absolute atomic E-state index is 6.19. The number of anilines is 2. The Balaban J connectivity index is 1.48. The molecule has 30 heavy (non-hydrogen) atoms. The van der Waals surface area contributed by atoms with Crippen molar-refractivity contribution in [3.8, 4) is 11.4 Å². The summed E-state index contributed by atoms with van der Waals surface area (Å²) in [5, 5.41) is 1.88. The molecule has 1 saturated heterocycles. The summed E-state index contributed by atoms with van der Waals surface area (Å²) in [6.07, 6.45) is 0. The van der Waals surface area contributed by atoms with Crippen LogP contribution in [0.1, 0.15) is 5.56 Å². The standard InChI is InChI=1S/C25H23ClN4/c1-18-6-4-7-19(16-18)24-27-23-11-3-2-10-22(23)25(28-24)30-14-12-29(13-15-30)21-9-5-8-20(26)17-21/h2-11,16-17H,12-15H2,1H3. The second-order valence-electron chi connectivity index (χ2n) is 7.71. The number of fused-ring (bicyclic) bond motifs is 1. The van der Waals surface area contributed by atoms with Crippen LogP contribution in [0.15, 0.2) is 72.8 Å². The van der Waals surface area contributed by atoms with E-state index in [0.29, 0.717) is 0 Å². The normalized spacial score (nSPS) is 14.3. The van der Waals surface area contributed by atoms with E-state index in [1.165, 1.54) is 11.3 Å². The summed E-state index contributed by atoms with van der Waals surface area (Å²) in [6.45, 7) is 5.76. The lowest BCUT2D eigenvalue weighted by Gasteiger charge is -2.37.